The molecule has 4 nitrogen and oxygen atoms in total. The molecule has 2 N–H and O–H groups in total. The van der Waals surface area contributed by atoms with E-state index < -0.39 is 0 Å². The molecular formula is C16H23N3O. The molecule has 2 aromatic rings. The van der Waals surface area contributed by atoms with Crippen LogP contribution in [0.25, 0.3) is 5.69 Å². The highest BCUT2D eigenvalue weighted by Gasteiger charge is 2.27. The summed E-state index contributed by atoms with van der Waals surface area (Å²) in [7, 11) is 1.66. The van der Waals surface area contributed by atoms with Crippen molar-refractivity contribution in [1.82, 2.24) is 9.78 Å². The van der Waals surface area contributed by atoms with Gasteiger partial charge in [0.15, 0.2) is 0 Å². The molecule has 1 heterocycles. The van der Waals surface area contributed by atoms with E-state index in [0.717, 1.165) is 22.8 Å². The Labute approximate surface area is 120 Å². The normalized spacial score (nSPS) is 11.7. The molecule has 0 fully saturated rings. The van der Waals surface area contributed by atoms with Crippen LogP contribution in [0.3, 0.4) is 0 Å². The van der Waals surface area contributed by atoms with Crippen molar-refractivity contribution in [2.24, 2.45) is 5.73 Å². The van der Waals surface area contributed by atoms with E-state index >= 15 is 0 Å². The molecule has 0 atom stereocenters. The second-order valence-electron chi connectivity index (χ2n) is 6.04. The molecule has 0 bridgehead atoms. The third kappa shape index (κ3) is 2.56. The fourth-order valence-electron chi connectivity index (χ4n) is 2.29. The molecule has 0 aliphatic rings. The summed E-state index contributed by atoms with van der Waals surface area (Å²) in [6.45, 7) is 8.88. The zero-order chi connectivity index (χ0) is 14.9. The van der Waals surface area contributed by atoms with Crippen molar-refractivity contribution in [3.05, 3.63) is 41.1 Å². The SMILES string of the molecule is COc1c(CN)c(C(C)(C)C)nn1-c1ccc(C)cc1. The minimum absolute atomic E-state index is 0.0715. The quantitative estimate of drug-likeness (QED) is 0.935. The van der Waals surface area contributed by atoms with Crippen molar-refractivity contribution >= 4 is 0 Å². The maximum Gasteiger partial charge on any atom is 0.221 e. The van der Waals surface area contributed by atoms with Crippen molar-refractivity contribution in [1.29, 1.82) is 0 Å². The molecule has 2 rings (SSSR count). The third-order valence-corrected chi connectivity index (χ3v) is 3.32. The molecule has 0 amide bonds. The standard InChI is InChI=1S/C16H23N3O/c1-11-6-8-12(9-7-11)19-15(20-5)13(10-17)14(18-19)16(2,3)4/h6-9H,10,17H2,1-5H3. The fraction of sp³-hybridized carbons (Fsp3) is 0.438. The van der Waals surface area contributed by atoms with Crippen LogP contribution in [0.15, 0.2) is 24.3 Å². The van der Waals surface area contributed by atoms with Crippen molar-refractivity contribution in [2.45, 2.75) is 39.7 Å². The zero-order valence-corrected chi connectivity index (χ0v) is 12.9. The number of hydrogen-bond acceptors (Lipinski definition) is 3. The van der Waals surface area contributed by atoms with Gasteiger partial charge in [0.1, 0.15) is 0 Å². The molecule has 108 valence electrons. The largest absolute Gasteiger partial charge is 0.481 e. The molecule has 0 aliphatic carbocycles. The molecule has 0 radical (unpaired) electrons. The Morgan fingerprint density at radius 2 is 1.80 bits per heavy atom. The van der Waals surface area contributed by atoms with E-state index in [1.165, 1.54) is 5.56 Å². The van der Waals surface area contributed by atoms with Crippen LogP contribution in [0.5, 0.6) is 5.88 Å². The first-order chi connectivity index (χ1) is 9.38. The molecule has 0 unspecified atom stereocenters. The van der Waals surface area contributed by atoms with Gasteiger partial charge in [0.25, 0.3) is 0 Å². The summed E-state index contributed by atoms with van der Waals surface area (Å²) in [6.07, 6.45) is 0. The smallest absolute Gasteiger partial charge is 0.221 e. The molecule has 0 aliphatic heterocycles. The highest BCUT2D eigenvalue weighted by molar-refractivity contribution is 5.44. The van der Waals surface area contributed by atoms with Crippen molar-refractivity contribution in [3.8, 4) is 11.6 Å². The van der Waals surface area contributed by atoms with Gasteiger partial charge in [-0.1, -0.05) is 38.5 Å². The Balaban J connectivity index is 2.64. The minimum Gasteiger partial charge on any atom is -0.481 e. The number of nitrogens with two attached hydrogens (primary N) is 1. The number of aromatic nitrogens is 2. The van der Waals surface area contributed by atoms with E-state index in [1.807, 2.05) is 16.8 Å². The third-order valence-electron chi connectivity index (χ3n) is 3.32. The molecule has 0 saturated heterocycles. The number of ether oxygens (including phenoxy) is 1. The summed E-state index contributed by atoms with van der Waals surface area (Å²) in [5.41, 5.74) is 9.99. The predicted octanol–water partition coefficient (Wildman–Crippen LogP) is 2.95. The van der Waals surface area contributed by atoms with Gasteiger partial charge in [-0.25, -0.2) is 4.68 Å². The average molecular weight is 273 g/mol. The molecule has 0 saturated carbocycles. The Bertz CT molecular complexity index is 591. The van der Waals surface area contributed by atoms with E-state index in [9.17, 15) is 0 Å². The van der Waals surface area contributed by atoms with Gasteiger partial charge in [0, 0.05) is 12.0 Å². The van der Waals surface area contributed by atoms with E-state index in [2.05, 4.69) is 39.8 Å². The van der Waals surface area contributed by atoms with Crippen molar-refractivity contribution < 1.29 is 4.74 Å². The number of hydrogen-bond donors (Lipinski definition) is 1. The Kier molecular flexibility index (Phi) is 3.86. The van der Waals surface area contributed by atoms with Gasteiger partial charge in [-0.05, 0) is 19.1 Å². The number of methoxy groups -OCH3 is 1. The fourth-order valence-corrected chi connectivity index (χ4v) is 2.29. The van der Waals surface area contributed by atoms with Gasteiger partial charge >= 0.3 is 0 Å². The van der Waals surface area contributed by atoms with Crippen molar-refractivity contribution in [3.63, 3.8) is 0 Å². The molecule has 4 heteroatoms. The van der Waals surface area contributed by atoms with Gasteiger partial charge in [0.2, 0.25) is 5.88 Å². The van der Waals surface area contributed by atoms with Gasteiger partial charge in [-0.2, -0.15) is 5.10 Å². The number of benzene rings is 1. The molecule has 20 heavy (non-hydrogen) atoms. The first-order valence-corrected chi connectivity index (χ1v) is 6.82. The second-order valence-corrected chi connectivity index (χ2v) is 6.04. The van der Waals surface area contributed by atoms with Crippen LogP contribution in [-0.2, 0) is 12.0 Å². The summed E-state index contributed by atoms with van der Waals surface area (Å²) in [5.74, 6) is 0.723. The van der Waals surface area contributed by atoms with Crippen LogP contribution in [0.2, 0.25) is 0 Å². The summed E-state index contributed by atoms with van der Waals surface area (Å²) < 4.78 is 7.38. The maximum absolute atomic E-state index is 5.91. The van der Waals surface area contributed by atoms with Crippen molar-refractivity contribution in [2.75, 3.05) is 7.11 Å². The van der Waals surface area contributed by atoms with E-state index in [1.54, 1.807) is 7.11 Å². The highest BCUT2D eigenvalue weighted by atomic mass is 16.5. The van der Waals surface area contributed by atoms with Crippen LogP contribution >= 0.6 is 0 Å². The number of nitrogens with zero attached hydrogens (tertiary/aromatic N) is 2. The Morgan fingerprint density at radius 1 is 1.20 bits per heavy atom. The highest BCUT2D eigenvalue weighted by Crippen LogP contribution is 2.32. The molecule has 1 aromatic heterocycles. The lowest BCUT2D eigenvalue weighted by Gasteiger charge is -2.16. The Morgan fingerprint density at radius 3 is 2.25 bits per heavy atom. The van der Waals surface area contributed by atoms with E-state index in [0.29, 0.717) is 6.54 Å². The molecule has 0 spiro atoms. The van der Waals surface area contributed by atoms with Crippen LogP contribution < -0.4 is 10.5 Å². The van der Waals surface area contributed by atoms with E-state index in [-0.39, 0.29) is 5.41 Å². The topological polar surface area (TPSA) is 53.1 Å². The van der Waals surface area contributed by atoms with Crippen LogP contribution in [-0.4, -0.2) is 16.9 Å². The monoisotopic (exact) mass is 273 g/mol. The van der Waals surface area contributed by atoms with Gasteiger partial charge in [-0.3, -0.25) is 0 Å². The Hall–Kier alpha value is -1.81. The number of aryl methyl sites for hydroxylation is 1. The van der Waals surface area contributed by atoms with Crippen LogP contribution in [0, 0.1) is 6.92 Å². The molecule has 1 aromatic carbocycles. The lowest BCUT2D eigenvalue weighted by molar-refractivity contribution is 0.379. The summed E-state index contributed by atoms with van der Waals surface area (Å²) in [4.78, 5) is 0. The first kappa shape index (κ1) is 14.6. The lowest BCUT2D eigenvalue weighted by Crippen LogP contribution is -2.16. The summed E-state index contributed by atoms with van der Waals surface area (Å²) in [5, 5.41) is 4.73. The van der Waals surface area contributed by atoms with Gasteiger partial charge < -0.3 is 10.5 Å². The van der Waals surface area contributed by atoms with Gasteiger partial charge in [-0.15, -0.1) is 0 Å². The number of rotatable bonds is 3. The van der Waals surface area contributed by atoms with E-state index in [4.69, 9.17) is 15.6 Å². The first-order valence-electron chi connectivity index (χ1n) is 6.82. The minimum atomic E-state index is -0.0715. The van der Waals surface area contributed by atoms with Gasteiger partial charge in [0.05, 0.1) is 24.1 Å². The zero-order valence-electron chi connectivity index (χ0n) is 12.9. The second kappa shape index (κ2) is 5.29. The summed E-state index contributed by atoms with van der Waals surface area (Å²) >= 11 is 0. The lowest BCUT2D eigenvalue weighted by atomic mass is 9.89. The maximum atomic E-state index is 5.91. The van der Waals surface area contributed by atoms with Crippen LogP contribution in [0.4, 0.5) is 0 Å². The molecular weight excluding hydrogens is 250 g/mol. The van der Waals surface area contributed by atoms with Crippen LogP contribution in [0.1, 0.15) is 37.6 Å². The predicted molar refractivity (Wildman–Crippen MR) is 81.4 cm³/mol. The average Bonchev–Trinajstić information content (AvgIpc) is 2.77. The summed E-state index contributed by atoms with van der Waals surface area (Å²) in [6, 6.07) is 8.21.